The largest absolute Gasteiger partial charge is 0.342 e. The van der Waals surface area contributed by atoms with Crippen molar-refractivity contribution in [1.29, 1.82) is 0 Å². The minimum absolute atomic E-state index is 0.0631. The van der Waals surface area contributed by atoms with Crippen molar-refractivity contribution >= 4 is 21.8 Å². The van der Waals surface area contributed by atoms with Crippen molar-refractivity contribution in [3.8, 4) is 0 Å². The Bertz CT molecular complexity index is 349. The van der Waals surface area contributed by atoms with E-state index in [1.54, 1.807) is 11.9 Å². The van der Waals surface area contributed by atoms with Crippen molar-refractivity contribution in [3.05, 3.63) is 33.8 Å². The van der Waals surface area contributed by atoms with E-state index < -0.39 is 0 Å². The molecule has 0 atom stereocenters. The van der Waals surface area contributed by atoms with Crippen molar-refractivity contribution in [2.75, 3.05) is 13.6 Å². The van der Waals surface area contributed by atoms with Crippen LogP contribution in [0.15, 0.2) is 22.7 Å². The number of nitrogens with zero attached hydrogens (tertiary/aromatic N) is 1. The quantitative estimate of drug-likeness (QED) is 0.796. The van der Waals surface area contributed by atoms with Gasteiger partial charge < -0.3 is 4.90 Å². The van der Waals surface area contributed by atoms with E-state index in [0.717, 1.165) is 22.1 Å². The number of aryl methyl sites for hydroxylation is 1. The molecule has 0 aliphatic carbocycles. The van der Waals surface area contributed by atoms with Gasteiger partial charge in [0.25, 0.3) is 5.91 Å². The van der Waals surface area contributed by atoms with Crippen LogP contribution in [0.3, 0.4) is 0 Å². The van der Waals surface area contributed by atoms with E-state index >= 15 is 0 Å². The third kappa shape index (κ3) is 2.35. The van der Waals surface area contributed by atoms with Gasteiger partial charge in [0.05, 0.1) is 0 Å². The SMILES string of the molecule is CCN(C)C(=O)c1ccc(C)c(Br)c1. The van der Waals surface area contributed by atoms with Gasteiger partial charge in [0, 0.05) is 23.6 Å². The predicted molar refractivity (Wildman–Crippen MR) is 61.5 cm³/mol. The highest BCUT2D eigenvalue weighted by Crippen LogP contribution is 2.18. The molecular formula is C11H14BrNO. The highest BCUT2D eigenvalue weighted by Gasteiger charge is 2.10. The highest BCUT2D eigenvalue weighted by atomic mass is 79.9. The molecule has 1 amide bonds. The van der Waals surface area contributed by atoms with Crippen molar-refractivity contribution in [3.63, 3.8) is 0 Å². The van der Waals surface area contributed by atoms with Crippen LogP contribution in [0.1, 0.15) is 22.8 Å². The fourth-order valence-electron chi connectivity index (χ4n) is 1.09. The van der Waals surface area contributed by atoms with E-state index in [4.69, 9.17) is 0 Å². The minimum Gasteiger partial charge on any atom is -0.342 e. The second-order valence-electron chi connectivity index (χ2n) is 3.28. The highest BCUT2D eigenvalue weighted by molar-refractivity contribution is 9.10. The summed E-state index contributed by atoms with van der Waals surface area (Å²) in [6.45, 7) is 4.69. The molecule has 1 rings (SSSR count). The number of rotatable bonds is 2. The van der Waals surface area contributed by atoms with Crippen LogP contribution in [0.25, 0.3) is 0 Å². The zero-order chi connectivity index (χ0) is 10.7. The second-order valence-corrected chi connectivity index (χ2v) is 4.14. The van der Waals surface area contributed by atoms with Gasteiger partial charge in [0.1, 0.15) is 0 Å². The topological polar surface area (TPSA) is 20.3 Å². The van der Waals surface area contributed by atoms with Crippen LogP contribution in [0.2, 0.25) is 0 Å². The van der Waals surface area contributed by atoms with Crippen molar-refractivity contribution < 1.29 is 4.79 Å². The zero-order valence-electron chi connectivity index (χ0n) is 8.67. The lowest BCUT2D eigenvalue weighted by atomic mass is 10.1. The number of benzene rings is 1. The summed E-state index contributed by atoms with van der Waals surface area (Å²) in [6.07, 6.45) is 0. The molecule has 14 heavy (non-hydrogen) atoms. The zero-order valence-corrected chi connectivity index (χ0v) is 10.3. The number of hydrogen-bond donors (Lipinski definition) is 0. The number of halogens is 1. The lowest BCUT2D eigenvalue weighted by molar-refractivity contribution is 0.0802. The minimum atomic E-state index is 0.0631. The first-order valence-electron chi connectivity index (χ1n) is 4.58. The van der Waals surface area contributed by atoms with Crippen molar-refractivity contribution in [2.24, 2.45) is 0 Å². The van der Waals surface area contributed by atoms with E-state index in [1.807, 2.05) is 32.0 Å². The summed E-state index contributed by atoms with van der Waals surface area (Å²) in [6, 6.07) is 5.67. The summed E-state index contributed by atoms with van der Waals surface area (Å²) < 4.78 is 0.979. The van der Waals surface area contributed by atoms with Gasteiger partial charge in [-0.2, -0.15) is 0 Å². The summed E-state index contributed by atoms with van der Waals surface area (Å²) in [5.74, 6) is 0.0631. The van der Waals surface area contributed by atoms with Crippen LogP contribution >= 0.6 is 15.9 Å². The van der Waals surface area contributed by atoms with Gasteiger partial charge in [-0.15, -0.1) is 0 Å². The Balaban J connectivity index is 2.97. The van der Waals surface area contributed by atoms with Crippen LogP contribution in [-0.2, 0) is 0 Å². The van der Waals surface area contributed by atoms with Gasteiger partial charge >= 0.3 is 0 Å². The van der Waals surface area contributed by atoms with Crippen molar-refractivity contribution in [2.45, 2.75) is 13.8 Å². The van der Waals surface area contributed by atoms with Crippen LogP contribution < -0.4 is 0 Å². The Morgan fingerprint density at radius 1 is 1.50 bits per heavy atom. The fourth-order valence-corrected chi connectivity index (χ4v) is 1.47. The molecule has 0 bridgehead atoms. The van der Waals surface area contributed by atoms with Gasteiger partial charge in [0.2, 0.25) is 0 Å². The molecule has 0 aliphatic heterocycles. The molecule has 0 N–H and O–H groups in total. The first-order chi connectivity index (χ1) is 6.56. The standard InChI is InChI=1S/C11H14BrNO/c1-4-13(3)11(14)9-6-5-8(2)10(12)7-9/h5-7H,4H2,1-3H3. The number of carbonyl (C=O) groups excluding carboxylic acids is 1. The third-order valence-electron chi connectivity index (χ3n) is 2.24. The van der Waals surface area contributed by atoms with Gasteiger partial charge in [-0.25, -0.2) is 0 Å². The number of amides is 1. The first-order valence-corrected chi connectivity index (χ1v) is 5.37. The smallest absolute Gasteiger partial charge is 0.253 e. The molecule has 0 unspecified atom stereocenters. The lowest BCUT2D eigenvalue weighted by Gasteiger charge is -2.14. The molecule has 0 radical (unpaired) electrons. The normalized spacial score (nSPS) is 10.0. The molecule has 1 aromatic carbocycles. The first kappa shape index (κ1) is 11.2. The van der Waals surface area contributed by atoms with Crippen LogP contribution in [0, 0.1) is 6.92 Å². The molecule has 0 saturated carbocycles. The molecule has 0 spiro atoms. The molecule has 76 valence electrons. The Labute approximate surface area is 93.0 Å². The maximum absolute atomic E-state index is 11.7. The average Bonchev–Trinajstić information content (AvgIpc) is 2.20. The Morgan fingerprint density at radius 2 is 2.14 bits per heavy atom. The third-order valence-corrected chi connectivity index (χ3v) is 3.09. The summed E-state index contributed by atoms with van der Waals surface area (Å²) in [4.78, 5) is 13.4. The molecule has 0 fully saturated rings. The Kier molecular flexibility index (Phi) is 3.69. The molecule has 0 heterocycles. The second kappa shape index (κ2) is 4.60. The number of hydrogen-bond acceptors (Lipinski definition) is 1. The molecule has 0 saturated heterocycles. The average molecular weight is 256 g/mol. The lowest BCUT2D eigenvalue weighted by Crippen LogP contribution is -2.26. The Morgan fingerprint density at radius 3 is 2.64 bits per heavy atom. The summed E-state index contributed by atoms with van der Waals surface area (Å²) >= 11 is 3.41. The summed E-state index contributed by atoms with van der Waals surface area (Å²) in [7, 11) is 1.80. The molecule has 0 aliphatic rings. The fraction of sp³-hybridized carbons (Fsp3) is 0.364. The van der Waals surface area contributed by atoms with Gasteiger partial charge in [-0.3, -0.25) is 4.79 Å². The van der Waals surface area contributed by atoms with Crippen molar-refractivity contribution in [1.82, 2.24) is 4.90 Å². The molecule has 3 heteroatoms. The van der Waals surface area contributed by atoms with Crippen LogP contribution in [0.5, 0.6) is 0 Å². The van der Waals surface area contributed by atoms with E-state index in [1.165, 1.54) is 0 Å². The number of carbonyl (C=O) groups is 1. The van der Waals surface area contributed by atoms with E-state index in [0.29, 0.717) is 0 Å². The maximum atomic E-state index is 11.7. The monoisotopic (exact) mass is 255 g/mol. The molecule has 2 nitrogen and oxygen atoms in total. The maximum Gasteiger partial charge on any atom is 0.253 e. The van der Waals surface area contributed by atoms with Gasteiger partial charge in [0.15, 0.2) is 0 Å². The predicted octanol–water partition coefficient (Wildman–Crippen LogP) is 2.85. The summed E-state index contributed by atoms with van der Waals surface area (Å²) in [5, 5.41) is 0. The molecule has 1 aromatic rings. The summed E-state index contributed by atoms with van der Waals surface area (Å²) in [5.41, 5.74) is 1.87. The van der Waals surface area contributed by atoms with Gasteiger partial charge in [-0.1, -0.05) is 22.0 Å². The van der Waals surface area contributed by atoms with Crippen LogP contribution in [-0.4, -0.2) is 24.4 Å². The Hall–Kier alpha value is -0.830. The molecule has 0 aromatic heterocycles. The van der Waals surface area contributed by atoms with Crippen LogP contribution in [0.4, 0.5) is 0 Å². The van der Waals surface area contributed by atoms with E-state index in [2.05, 4.69) is 15.9 Å². The van der Waals surface area contributed by atoms with Gasteiger partial charge in [-0.05, 0) is 31.5 Å². The van der Waals surface area contributed by atoms with E-state index in [-0.39, 0.29) is 5.91 Å². The molecular weight excluding hydrogens is 242 g/mol. The van der Waals surface area contributed by atoms with E-state index in [9.17, 15) is 4.79 Å².